The molecule has 10 heteroatoms. The Morgan fingerprint density at radius 1 is 1.00 bits per heavy atom. The molecule has 0 fully saturated rings. The van der Waals surface area contributed by atoms with E-state index in [4.69, 9.17) is 4.52 Å². The molecule has 6 nitrogen and oxygen atoms in total. The van der Waals surface area contributed by atoms with Gasteiger partial charge in [0.25, 0.3) is 0 Å². The number of rotatable bonds is 5. The summed E-state index contributed by atoms with van der Waals surface area (Å²) in [4.78, 5) is 4.19. The van der Waals surface area contributed by atoms with Gasteiger partial charge in [-0.15, -0.1) is 10.2 Å². The predicted octanol–water partition coefficient (Wildman–Crippen LogP) is 4.84. The van der Waals surface area contributed by atoms with Crippen molar-refractivity contribution < 1.29 is 17.7 Å². The highest BCUT2D eigenvalue weighted by Gasteiger charge is 2.30. The summed E-state index contributed by atoms with van der Waals surface area (Å²) < 4.78 is 45.7. The fourth-order valence-electron chi connectivity index (χ4n) is 2.67. The summed E-state index contributed by atoms with van der Waals surface area (Å²) in [6.07, 6.45) is -4.43. The lowest BCUT2D eigenvalue weighted by atomic mass is 10.1. The van der Waals surface area contributed by atoms with Crippen LogP contribution in [0.3, 0.4) is 0 Å². The van der Waals surface area contributed by atoms with Gasteiger partial charge in [0, 0.05) is 18.2 Å². The van der Waals surface area contributed by atoms with Crippen LogP contribution in [0, 0.1) is 0 Å². The summed E-state index contributed by atoms with van der Waals surface area (Å²) in [5, 5.41) is 12.8. The first kappa shape index (κ1) is 19.2. The topological polar surface area (TPSA) is 69.6 Å². The Morgan fingerprint density at radius 2 is 1.76 bits per heavy atom. The number of halogens is 3. The smallest absolute Gasteiger partial charge is 0.338 e. The molecule has 0 aliphatic heterocycles. The summed E-state index contributed by atoms with van der Waals surface area (Å²) in [6.45, 7) is 0. The maximum atomic E-state index is 12.9. The first-order valence-corrected chi connectivity index (χ1v) is 9.48. The fraction of sp³-hybridized carbons (Fsp3) is 0.158. The normalized spacial score (nSPS) is 11.7. The van der Waals surface area contributed by atoms with Crippen molar-refractivity contribution in [1.82, 2.24) is 24.9 Å². The Bertz CT molecular complexity index is 1120. The molecule has 0 bridgehead atoms. The fourth-order valence-corrected chi connectivity index (χ4v) is 3.42. The van der Waals surface area contributed by atoms with Crippen molar-refractivity contribution in [3.63, 3.8) is 0 Å². The molecule has 0 N–H and O–H groups in total. The summed E-state index contributed by atoms with van der Waals surface area (Å²) in [5.74, 6) is 1.43. The van der Waals surface area contributed by atoms with Crippen molar-refractivity contribution in [1.29, 1.82) is 0 Å². The Labute approximate surface area is 167 Å². The highest BCUT2D eigenvalue weighted by molar-refractivity contribution is 7.98. The van der Waals surface area contributed by atoms with Crippen molar-refractivity contribution in [2.24, 2.45) is 7.05 Å². The van der Waals surface area contributed by atoms with Crippen molar-refractivity contribution in [3.8, 4) is 22.8 Å². The maximum Gasteiger partial charge on any atom is 0.416 e. The zero-order valence-corrected chi connectivity index (χ0v) is 15.9. The van der Waals surface area contributed by atoms with E-state index in [-0.39, 0.29) is 17.3 Å². The van der Waals surface area contributed by atoms with E-state index in [0.29, 0.717) is 10.9 Å². The van der Waals surface area contributed by atoms with Gasteiger partial charge < -0.3 is 9.09 Å². The van der Waals surface area contributed by atoms with Crippen LogP contribution in [0.15, 0.2) is 64.3 Å². The minimum Gasteiger partial charge on any atom is -0.338 e. The molecule has 29 heavy (non-hydrogen) atoms. The van der Waals surface area contributed by atoms with Crippen LogP contribution in [-0.2, 0) is 19.0 Å². The number of alkyl halides is 3. The number of thioether (sulfide) groups is 1. The van der Waals surface area contributed by atoms with Crippen molar-refractivity contribution in [2.75, 3.05) is 0 Å². The molecule has 4 aromatic rings. The number of aromatic nitrogens is 5. The van der Waals surface area contributed by atoms with Crippen LogP contribution in [-0.4, -0.2) is 24.9 Å². The Morgan fingerprint density at radius 3 is 2.52 bits per heavy atom. The van der Waals surface area contributed by atoms with Crippen LogP contribution in [0.1, 0.15) is 11.5 Å². The van der Waals surface area contributed by atoms with Gasteiger partial charge in [0.1, 0.15) is 0 Å². The molecule has 0 radical (unpaired) electrons. The number of nitrogens with zero attached hydrogens (tertiary/aromatic N) is 5. The van der Waals surface area contributed by atoms with Gasteiger partial charge in [-0.25, -0.2) is 0 Å². The van der Waals surface area contributed by atoms with Crippen molar-refractivity contribution >= 4 is 11.8 Å². The Balaban J connectivity index is 1.48. The van der Waals surface area contributed by atoms with Gasteiger partial charge in [-0.1, -0.05) is 59.4 Å². The molecule has 2 heterocycles. The highest BCUT2D eigenvalue weighted by Crippen LogP contribution is 2.32. The lowest BCUT2D eigenvalue weighted by molar-refractivity contribution is -0.137. The van der Waals surface area contributed by atoms with E-state index >= 15 is 0 Å². The van der Waals surface area contributed by atoms with E-state index in [9.17, 15) is 13.2 Å². The number of hydrogen-bond donors (Lipinski definition) is 0. The van der Waals surface area contributed by atoms with E-state index < -0.39 is 11.7 Å². The zero-order chi connectivity index (χ0) is 20.4. The third-order valence-electron chi connectivity index (χ3n) is 4.11. The molecule has 0 aliphatic rings. The first-order chi connectivity index (χ1) is 13.9. The average Bonchev–Trinajstić information content (AvgIpc) is 3.33. The van der Waals surface area contributed by atoms with E-state index in [0.717, 1.165) is 23.5 Å². The lowest BCUT2D eigenvalue weighted by Crippen LogP contribution is -2.04. The molecule has 0 spiro atoms. The second-order valence-electron chi connectivity index (χ2n) is 6.11. The van der Waals surface area contributed by atoms with E-state index in [1.54, 1.807) is 0 Å². The Hall–Kier alpha value is -3.14. The van der Waals surface area contributed by atoms with Gasteiger partial charge in [0.05, 0.1) is 11.3 Å². The van der Waals surface area contributed by atoms with Gasteiger partial charge >= 0.3 is 6.18 Å². The molecule has 2 aromatic heterocycles. The summed E-state index contributed by atoms with van der Waals surface area (Å²) in [5.41, 5.74) is 0.423. The third kappa shape index (κ3) is 4.16. The third-order valence-corrected chi connectivity index (χ3v) is 5.11. The second kappa shape index (κ2) is 7.70. The van der Waals surface area contributed by atoms with Crippen molar-refractivity contribution in [2.45, 2.75) is 17.1 Å². The molecular formula is C19H14F3N5OS. The van der Waals surface area contributed by atoms with Crippen LogP contribution in [0.2, 0.25) is 0 Å². The Kier molecular flexibility index (Phi) is 5.10. The molecule has 0 aliphatic carbocycles. The zero-order valence-electron chi connectivity index (χ0n) is 15.1. The van der Waals surface area contributed by atoms with Crippen LogP contribution in [0.25, 0.3) is 22.8 Å². The van der Waals surface area contributed by atoms with E-state index in [1.165, 1.54) is 23.9 Å². The molecule has 0 saturated carbocycles. The number of hydrogen-bond acceptors (Lipinski definition) is 6. The summed E-state index contributed by atoms with van der Waals surface area (Å²) in [7, 11) is 1.85. The summed E-state index contributed by atoms with van der Waals surface area (Å²) in [6, 6.07) is 14.5. The van der Waals surface area contributed by atoms with Crippen LogP contribution in [0.5, 0.6) is 0 Å². The SMILES string of the molecule is Cn1c(SCc2nc(-c3cccc(C(F)(F)F)c3)no2)nnc1-c1ccccc1. The van der Waals surface area contributed by atoms with Gasteiger partial charge in [0.2, 0.25) is 11.7 Å². The molecule has 0 unspecified atom stereocenters. The highest BCUT2D eigenvalue weighted by atomic mass is 32.2. The standard InChI is InChI=1S/C19H14F3N5OS/c1-27-17(12-6-3-2-4-7-12)24-25-18(27)29-11-15-23-16(26-28-15)13-8-5-9-14(10-13)19(20,21)22/h2-10H,11H2,1H3. The van der Waals surface area contributed by atoms with Gasteiger partial charge in [-0.05, 0) is 12.1 Å². The predicted molar refractivity (Wildman–Crippen MR) is 101 cm³/mol. The molecule has 0 saturated heterocycles. The largest absolute Gasteiger partial charge is 0.416 e. The van der Waals surface area contributed by atoms with E-state index in [1.807, 2.05) is 41.9 Å². The van der Waals surface area contributed by atoms with Crippen LogP contribution in [0.4, 0.5) is 13.2 Å². The summed E-state index contributed by atoms with van der Waals surface area (Å²) >= 11 is 1.34. The molecule has 0 atom stereocenters. The molecule has 0 amide bonds. The molecule has 148 valence electrons. The average molecular weight is 417 g/mol. The molecular weight excluding hydrogens is 403 g/mol. The van der Waals surface area contributed by atoms with Crippen LogP contribution >= 0.6 is 11.8 Å². The van der Waals surface area contributed by atoms with E-state index in [2.05, 4.69) is 20.3 Å². The first-order valence-electron chi connectivity index (χ1n) is 8.49. The second-order valence-corrected chi connectivity index (χ2v) is 7.05. The molecule has 4 rings (SSSR count). The maximum absolute atomic E-state index is 12.9. The van der Waals surface area contributed by atoms with Crippen molar-refractivity contribution in [3.05, 3.63) is 66.1 Å². The quantitative estimate of drug-likeness (QED) is 0.433. The number of benzene rings is 2. The minimum absolute atomic E-state index is 0.106. The van der Waals surface area contributed by atoms with Crippen LogP contribution < -0.4 is 0 Å². The van der Waals surface area contributed by atoms with Gasteiger partial charge in [-0.3, -0.25) is 0 Å². The lowest BCUT2D eigenvalue weighted by Gasteiger charge is -2.06. The van der Waals surface area contributed by atoms with Gasteiger partial charge in [0.15, 0.2) is 11.0 Å². The minimum atomic E-state index is -4.43. The molecule has 2 aromatic carbocycles. The monoisotopic (exact) mass is 417 g/mol. The van der Waals surface area contributed by atoms with Gasteiger partial charge in [-0.2, -0.15) is 18.2 Å².